The number of carbonyl (C=O) groups is 1. The molecule has 2 rings (SSSR count). The van der Waals surface area contributed by atoms with Crippen molar-refractivity contribution in [1.29, 1.82) is 0 Å². The Morgan fingerprint density at radius 2 is 2.39 bits per heavy atom. The summed E-state index contributed by atoms with van der Waals surface area (Å²) in [5, 5.41) is 20.2. The molecule has 1 aromatic heterocycles. The van der Waals surface area contributed by atoms with Gasteiger partial charge in [0.05, 0.1) is 18.6 Å². The summed E-state index contributed by atoms with van der Waals surface area (Å²) in [6.45, 7) is 0. The number of methoxy groups -OCH3 is 1. The largest absolute Gasteiger partial charge is 0.497 e. The first-order chi connectivity index (χ1) is 8.70. The summed E-state index contributed by atoms with van der Waals surface area (Å²) >= 11 is 1.06. The smallest absolute Gasteiger partial charge is 0.313 e. The molecule has 0 atom stereocenters. The van der Waals surface area contributed by atoms with Gasteiger partial charge in [0.25, 0.3) is 0 Å². The molecule has 1 heterocycles. The van der Waals surface area contributed by atoms with Crippen LogP contribution in [0.2, 0.25) is 0 Å². The van der Waals surface area contributed by atoms with Crippen molar-refractivity contribution in [2.75, 3.05) is 12.9 Å². The quantitative estimate of drug-likeness (QED) is 0.802. The predicted octanol–water partition coefficient (Wildman–Crippen LogP) is 0.848. The molecule has 0 amide bonds. The minimum Gasteiger partial charge on any atom is -0.497 e. The van der Waals surface area contributed by atoms with E-state index in [2.05, 4.69) is 15.5 Å². The van der Waals surface area contributed by atoms with Crippen LogP contribution in [-0.2, 0) is 4.79 Å². The molecule has 1 aromatic carbocycles. The highest BCUT2D eigenvalue weighted by atomic mass is 32.2. The van der Waals surface area contributed by atoms with Gasteiger partial charge in [-0.2, -0.15) is 4.68 Å². The number of ether oxygens (including phenoxy) is 1. The third-order valence-electron chi connectivity index (χ3n) is 2.06. The molecular formula is C10H10N4O3S. The minimum atomic E-state index is -0.916. The van der Waals surface area contributed by atoms with Gasteiger partial charge in [-0.15, -0.1) is 5.10 Å². The third-order valence-corrected chi connectivity index (χ3v) is 2.97. The summed E-state index contributed by atoms with van der Waals surface area (Å²) in [5.74, 6) is -0.331. The van der Waals surface area contributed by atoms with Crippen molar-refractivity contribution < 1.29 is 14.6 Å². The second-order valence-corrected chi connectivity index (χ2v) is 4.20. The van der Waals surface area contributed by atoms with Crippen LogP contribution in [-0.4, -0.2) is 44.1 Å². The van der Waals surface area contributed by atoms with Gasteiger partial charge in [0.1, 0.15) is 5.75 Å². The fourth-order valence-electron chi connectivity index (χ4n) is 1.30. The minimum absolute atomic E-state index is 0.0929. The lowest BCUT2D eigenvalue weighted by molar-refractivity contribution is -0.133. The van der Waals surface area contributed by atoms with Gasteiger partial charge in [0, 0.05) is 6.07 Å². The number of aliphatic carboxylic acids is 1. The Kier molecular flexibility index (Phi) is 3.78. The summed E-state index contributed by atoms with van der Waals surface area (Å²) < 4.78 is 6.58. The molecular weight excluding hydrogens is 256 g/mol. The molecule has 0 saturated carbocycles. The van der Waals surface area contributed by atoms with Gasteiger partial charge in [-0.1, -0.05) is 17.8 Å². The van der Waals surface area contributed by atoms with E-state index in [0.29, 0.717) is 16.6 Å². The van der Waals surface area contributed by atoms with Crippen molar-refractivity contribution in [2.45, 2.75) is 5.16 Å². The number of rotatable bonds is 5. The lowest BCUT2D eigenvalue weighted by Gasteiger charge is -2.05. The van der Waals surface area contributed by atoms with Crippen molar-refractivity contribution in [2.24, 2.45) is 0 Å². The van der Waals surface area contributed by atoms with Crippen LogP contribution >= 0.6 is 11.8 Å². The maximum Gasteiger partial charge on any atom is 0.313 e. The SMILES string of the molecule is COc1cccc(-n2nnnc2SCC(=O)O)c1. The highest BCUT2D eigenvalue weighted by Gasteiger charge is 2.11. The van der Waals surface area contributed by atoms with Crippen LogP contribution in [0.15, 0.2) is 29.4 Å². The molecule has 8 heteroatoms. The fourth-order valence-corrected chi connectivity index (χ4v) is 1.91. The molecule has 1 N–H and O–H groups in total. The van der Waals surface area contributed by atoms with E-state index in [4.69, 9.17) is 9.84 Å². The molecule has 7 nitrogen and oxygen atoms in total. The zero-order valence-corrected chi connectivity index (χ0v) is 10.3. The highest BCUT2D eigenvalue weighted by molar-refractivity contribution is 7.99. The van der Waals surface area contributed by atoms with Crippen LogP contribution in [0.4, 0.5) is 0 Å². The molecule has 0 bridgehead atoms. The molecule has 0 spiro atoms. The number of hydrogen-bond acceptors (Lipinski definition) is 6. The first kappa shape index (κ1) is 12.4. The Morgan fingerprint density at radius 1 is 1.56 bits per heavy atom. The number of tetrazole rings is 1. The molecule has 0 radical (unpaired) electrons. The molecule has 0 aliphatic carbocycles. The lowest BCUT2D eigenvalue weighted by atomic mass is 10.3. The number of benzene rings is 1. The molecule has 0 aliphatic heterocycles. The van der Waals surface area contributed by atoms with E-state index in [-0.39, 0.29) is 5.75 Å². The molecule has 18 heavy (non-hydrogen) atoms. The molecule has 2 aromatic rings. The monoisotopic (exact) mass is 266 g/mol. The normalized spacial score (nSPS) is 10.3. The number of carboxylic acids is 1. The highest BCUT2D eigenvalue weighted by Crippen LogP contribution is 2.20. The standard InChI is InChI=1S/C10H10N4O3S/c1-17-8-4-2-3-7(5-8)14-10(11-12-13-14)18-6-9(15)16/h2-5H,6H2,1H3,(H,15,16). The summed E-state index contributed by atoms with van der Waals surface area (Å²) in [7, 11) is 1.57. The molecule has 0 saturated heterocycles. The van der Waals surface area contributed by atoms with Crippen LogP contribution in [0.1, 0.15) is 0 Å². The fraction of sp³-hybridized carbons (Fsp3) is 0.200. The zero-order valence-electron chi connectivity index (χ0n) is 9.48. The summed E-state index contributed by atoms with van der Waals surface area (Å²) in [6.07, 6.45) is 0. The van der Waals surface area contributed by atoms with Gasteiger partial charge >= 0.3 is 5.97 Å². The van der Waals surface area contributed by atoms with Crippen molar-refractivity contribution in [3.8, 4) is 11.4 Å². The van der Waals surface area contributed by atoms with E-state index < -0.39 is 5.97 Å². The topological polar surface area (TPSA) is 90.1 Å². The number of nitrogens with zero attached hydrogens (tertiary/aromatic N) is 4. The van der Waals surface area contributed by atoms with Gasteiger partial charge in [0.2, 0.25) is 5.16 Å². The maximum absolute atomic E-state index is 10.5. The first-order valence-corrected chi connectivity index (χ1v) is 5.96. The third kappa shape index (κ3) is 2.77. The van der Waals surface area contributed by atoms with E-state index >= 15 is 0 Å². The zero-order chi connectivity index (χ0) is 13.0. The first-order valence-electron chi connectivity index (χ1n) is 4.98. The van der Waals surface area contributed by atoms with Gasteiger partial charge in [0.15, 0.2) is 0 Å². The summed E-state index contributed by atoms with van der Waals surface area (Å²) in [6, 6.07) is 7.18. The van der Waals surface area contributed by atoms with Crippen LogP contribution in [0.3, 0.4) is 0 Å². The van der Waals surface area contributed by atoms with Gasteiger partial charge in [-0.25, -0.2) is 0 Å². The van der Waals surface area contributed by atoms with Crippen molar-refractivity contribution in [3.05, 3.63) is 24.3 Å². The van der Waals surface area contributed by atoms with Crippen molar-refractivity contribution in [3.63, 3.8) is 0 Å². The summed E-state index contributed by atoms with van der Waals surface area (Å²) in [4.78, 5) is 10.5. The number of hydrogen-bond donors (Lipinski definition) is 1. The van der Waals surface area contributed by atoms with E-state index in [9.17, 15) is 4.79 Å². The Morgan fingerprint density at radius 3 is 3.11 bits per heavy atom. The lowest BCUT2D eigenvalue weighted by Crippen LogP contribution is -2.03. The van der Waals surface area contributed by atoms with Gasteiger partial charge < -0.3 is 9.84 Å². The predicted molar refractivity (Wildman–Crippen MR) is 64.1 cm³/mol. The second kappa shape index (κ2) is 5.50. The van der Waals surface area contributed by atoms with E-state index in [0.717, 1.165) is 11.8 Å². The average Bonchev–Trinajstić information content (AvgIpc) is 2.84. The molecule has 0 unspecified atom stereocenters. The van der Waals surface area contributed by atoms with Crippen molar-refractivity contribution >= 4 is 17.7 Å². The average molecular weight is 266 g/mol. The molecule has 0 aliphatic rings. The van der Waals surface area contributed by atoms with Gasteiger partial charge in [-0.3, -0.25) is 4.79 Å². The summed E-state index contributed by atoms with van der Waals surface area (Å²) in [5.41, 5.74) is 0.715. The maximum atomic E-state index is 10.5. The van der Waals surface area contributed by atoms with Crippen LogP contribution < -0.4 is 4.74 Å². The Balaban J connectivity index is 2.27. The Hall–Kier alpha value is -2.09. The van der Waals surface area contributed by atoms with E-state index in [1.165, 1.54) is 4.68 Å². The molecule has 0 fully saturated rings. The Bertz CT molecular complexity index is 558. The van der Waals surface area contributed by atoms with Crippen LogP contribution in [0.5, 0.6) is 5.75 Å². The number of aromatic nitrogens is 4. The Labute approximate surface area is 107 Å². The van der Waals surface area contributed by atoms with Crippen LogP contribution in [0, 0.1) is 0 Å². The molecule has 94 valence electrons. The number of thioether (sulfide) groups is 1. The van der Waals surface area contributed by atoms with Crippen LogP contribution in [0.25, 0.3) is 5.69 Å². The van der Waals surface area contributed by atoms with Gasteiger partial charge in [-0.05, 0) is 22.6 Å². The van der Waals surface area contributed by atoms with Crippen molar-refractivity contribution in [1.82, 2.24) is 20.2 Å². The van der Waals surface area contributed by atoms with E-state index in [1.54, 1.807) is 19.2 Å². The number of carboxylic acid groups (broad SMARTS) is 1. The second-order valence-electron chi connectivity index (χ2n) is 3.26. The van der Waals surface area contributed by atoms with E-state index in [1.807, 2.05) is 12.1 Å².